The van der Waals surface area contributed by atoms with Gasteiger partial charge in [-0.2, -0.15) is 0 Å². The van der Waals surface area contributed by atoms with Crippen LogP contribution in [-0.2, 0) is 6.61 Å². The number of non-ortho nitro benzene ring substituents is 1. The second kappa shape index (κ2) is 6.17. The first-order valence-electron chi connectivity index (χ1n) is 6.80. The Morgan fingerprint density at radius 3 is 2.46 bits per heavy atom. The lowest BCUT2D eigenvalue weighted by Crippen LogP contribution is -1.92. The Balaban J connectivity index is 2.13. The molecule has 0 spiro atoms. The van der Waals surface area contributed by atoms with Crippen LogP contribution in [0.4, 0.5) is 14.5 Å². The predicted molar refractivity (Wildman–Crippen MR) is 79.9 cm³/mol. The summed E-state index contributed by atoms with van der Waals surface area (Å²) in [7, 11) is 0. The number of benzene rings is 2. The largest absolute Gasteiger partial charge is 0.391 e. The summed E-state index contributed by atoms with van der Waals surface area (Å²) in [6, 6.07) is 8.39. The number of aromatic nitrogens is 1. The first-order valence-corrected chi connectivity index (χ1v) is 6.80. The van der Waals surface area contributed by atoms with E-state index in [1.807, 2.05) is 0 Å². The third-order valence-corrected chi connectivity index (χ3v) is 3.40. The summed E-state index contributed by atoms with van der Waals surface area (Å²) in [4.78, 5) is 10.3. The Bertz CT molecular complexity index is 904. The summed E-state index contributed by atoms with van der Waals surface area (Å²) >= 11 is 0. The van der Waals surface area contributed by atoms with Crippen LogP contribution in [0, 0.1) is 21.7 Å². The van der Waals surface area contributed by atoms with Gasteiger partial charge in [-0.25, -0.2) is 8.78 Å². The number of nitro groups is 1. The van der Waals surface area contributed by atoms with E-state index in [0.29, 0.717) is 11.6 Å². The number of aliphatic hydroxyl groups is 1. The van der Waals surface area contributed by atoms with E-state index in [1.165, 1.54) is 18.2 Å². The Morgan fingerprint density at radius 1 is 1.12 bits per heavy atom. The summed E-state index contributed by atoms with van der Waals surface area (Å²) in [5.74, 6) is -1.50. The molecule has 0 radical (unpaired) electrons. The molecule has 8 heteroatoms. The lowest BCUT2D eigenvalue weighted by atomic mass is 10.0. The van der Waals surface area contributed by atoms with E-state index < -0.39 is 23.2 Å². The van der Waals surface area contributed by atoms with Gasteiger partial charge in [-0.15, -0.1) is 0 Å². The lowest BCUT2D eigenvalue weighted by Gasteiger charge is -2.02. The average molecular weight is 332 g/mol. The monoisotopic (exact) mass is 332 g/mol. The first-order chi connectivity index (χ1) is 11.5. The van der Waals surface area contributed by atoms with Crippen LogP contribution in [0.25, 0.3) is 22.6 Å². The molecule has 3 rings (SSSR count). The topological polar surface area (TPSA) is 89.4 Å². The van der Waals surface area contributed by atoms with Crippen LogP contribution in [0.15, 0.2) is 47.0 Å². The number of hydrogen-bond donors (Lipinski definition) is 1. The minimum Gasteiger partial charge on any atom is -0.391 e. The van der Waals surface area contributed by atoms with Gasteiger partial charge in [0.15, 0.2) is 5.76 Å². The summed E-state index contributed by atoms with van der Waals surface area (Å²) in [6.07, 6.45) is 0. The number of nitrogens with zero attached hydrogens (tertiary/aromatic N) is 2. The van der Waals surface area contributed by atoms with Gasteiger partial charge >= 0.3 is 0 Å². The molecule has 0 unspecified atom stereocenters. The Labute approximate surface area is 134 Å². The first kappa shape index (κ1) is 15.8. The molecule has 24 heavy (non-hydrogen) atoms. The van der Waals surface area contributed by atoms with Gasteiger partial charge in [0.05, 0.1) is 17.1 Å². The highest BCUT2D eigenvalue weighted by Gasteiger charge is 2.20. The normalized spacial score (nSPS) is 10.8. The van der Waals surface area contributed by atoms with Gasteiger partial charge in [-0.1, -0.05) is 17.3 Å². The van der Waals surface area contributed by atoms with Gasteiger partial charge in [0.1, 0.15) is 17.3 Å². The third-order valence-electron chi connectivity index (χ3n) is 3.40. The molecule has 3 aromatic rings. The molecule has 1 heterocycles. The molecule has 6 nitrogen and oxygen atoms in total. The van der Waals surface area contributed by atoms with E-state index >= 15 is 0 Å². The number of aliphatic hydroxyl groups excluding tert-OH is 1. The molecule has 0 aliphatic heterocycles. The molecule has 0 aliphatic carbocycles. The second-order valence-electron chi connectivity index (χ2n) is 4.96. The van der Waals surface area contributed by atoms with Crippen molar-refractivity contribution in [1.82, 2.24) is 5.16 Å². The van der Waals surface area contributed by atoms with E-state index in [4.69, 9.17) is 4.52 Å². The SMILES string of the molecule is O=[N+]([O-])c1cccc(-c2onc(-c3cc(F)cc(F)c3)c2CO)c1. The lowest BCUT2D eigenvalue weighted by molar-refractivity contribution is -0.384. The van der Waals surface area contributed by atoms with Crippen LogP contribution >= 0.6 is 0 Å². The molecule has 0 fully saturated rings. The fourth-order valence-electron chi connectivity index (χ4n) is 2.36. The minimum absolute atomic E-state index is 0.0670. The van der Waals surface area contributed by atoms with Crippen LogP contribution in [0.3, 0.4) is 0 Å². The van der Waals surface area contributed by atoms with Crippen molar-refractivity contribution in [3.05, 3.63) is 69.8 Å². The van der Waals surface area contributed by atoms with Crippen molar-refractivity contribution >= 4 is 5.69 Å². The molecular formula is C16H10F2N2O4. The smallest absolute Gasteiger partial charge is 0.270 e. The average Bonchev–Trinajstić information content (AvgIpc) is 2.98. The van der Waals surface area contributed by atoms with Crippen molar-refractivity contribution in [3.63, 3.8) is 0 Å². The number of hydrogen-bond acceptors (Lipinski definition) is 5. The van der Waals surface area contributed by atoms with Crippen molar-refractivity contribution < 1.29 is 23.3 Å². The molecule has 0 aliphatic rings. The fraction of sp³-hybridized carbons (Fsp3) is 0.0625. The maximum absolute atomic E-state index is 13.4. The molecule has 0 bridgehead atoms. The van der Waals surface area contributed by atoms with Crippen molar-refractivity contribution in [2.45, 2.75) is 6.61 Å². The molecule has 0 saturated heterocycles. The van der Waals surface area contributed by atoms with Crippen molar-refractivity contribution in [2.24, 2.45) is 0 Å². The Morgan fingerprint density at radius 2 is 1.83 bits per heavy atom. The molecule has 1 N–H and O–H groups in total. The molecule has 0 amide bonds. The molecule has 122 valence electrons. The van der Waals surface area contributed by atoms with Gasteiger partial charge < -0.3 is 9.63 Å². The molecule has 0 saturated carbocycles. The fourth-order valence-corrected chi connectivity index (χ4v) is 2.36. The predicted octanol–water partition coefficient (Wildman–Crippen LogP) is 3.69. The number of nitro benzene ring substituents is 1. The summed E-state index contributed by atoms with van der Waals surface area (Å²) in [5.41, 5.74) is 0.505. The minimum atomic E-state index is -0.797. The highest BCUT2D eigenvalue weighted by Crippen LogP contribution is 2.34. The number of rotatable bonds is 4. The van der Waals surface area contributed by atoms with E-state index in [9.17, 15) is 24.0 Å². The van der Waals surface area contributed by atoms with Gasteiger partial charge in [0.25, 0.3) is 5.69 Å². The quantitative estimate of drug-likeness (QED) is 0.581. The van der Waals surface area contributed by atoms with E-state index in [0.717, 1.165) is 12.1 Å². The summed E-state index contributed by atoms with van der Waals surface area (Å²) < 4.78 is 31.9. The van der Waals surface area contributed by atoms with Crippen molar-refractivity contribution in [3.8, 4) is 22.6 Å². The maximum Gasteiger partial charge on any atom is 0.270 e. The van der Waals surface area contributed by atoms with E-state index in [-0.39, 0.29) is 28.3 Å². The van der Waals surface area contributed by atoms with Crippen LogP contribution in [0.5, 0.6) is 0 Å². The zero-order chi connectivity index (χ0) is 17.3. The van der Waals surface area contributed by atoms with Gasteiger partial charge in [0.2, 0.25) is 0 Å². The van der Waals surface area contributed by atoms with Gasteiger partial charge in [-0.05, 0) is 12.1 Å². The van der Waals surface area contributed by atoms with E-state index in [1.54, 1.807) is 6.07 Å². The van der Waals surface area contributed by atoms with Crippen molar-refractivity contribution in [1.29, 1.82) is 0 Å². The van der Waals surface area contributed by atoms with Gasteiger partial charge in [-0.3, -0.25) is 10.1 Å². The van der Waals surface area contributed by atoms with Gasteiger partial charge in [0, 0.05) is 29.3 Å². The molecule has 1 aromatic heterocycles. The molecule has 0 atom stereocenters. The standard InChI is InChI=1S/C16H10F2N2O4/c17-11-4-10(5-12(18)7-11)15-14(8-21)16(24-19-15)9-2-1-3-13(6-9)20(22)23/h1-7,21H,8H2. The highest BCUT2D eigenvalue weighted by molar-refractivity contribution is 5.73. The van der Waals surface area contributed by atoms with Crippen LogP contribution < -0.4 is 0 Å². The second-order valence-corrected chi connectivity index (χ2v) is 4.96. The van der Waals surface area contributed by atoms with Crippen molar-refractivity contribution in [2.75, 3.05) is 0 Å². The number of halogens is 2. The maximum atomic E-state index is 13.4. The Hall–Kier alpha value is -3.13. The van der Waals surface area contributed by atoms with Crippen LogP contribution in [-0.4, -0.2) is 15.2 Å². The van der Waals surface area contributed by atoms with Crippen LogP contribution in [0.2, 0.25) is 0 Å². The molecular weight excluding hydrogens is 322 g/mol. The summed E-state index contributed by atoms with van der Waals surface area (Å²) in [5, 5.41) is 24.2. The zero-order valence-electron chi connectivity index (χ0n) is 12.1. The van der Waals surface area contributed by atoms with E-state index in [2.05, 4.69) is 5.16 Å². The van der Waals surface area contributed by atoms with Crippen LogP contribution in [0.1, 0.15) is 5.56 Å². The molecule has 2 aromatic carbocycles. The Kier molecular flexibility index (Phi) is 4.05. The highest BCUT2D eigenvalue weighted by atomic mass is 19.1. The zero-order valence-corrected chi connectivity index (χ0v) is 12.1. The summed E-state index contributed by atoms with van der Waals surface area (Å²) in [6.45, 7) is -0.519. The third kappa shape index (κ3) is 2.86.